The smallest absolute Gasteiger partial charge is 0.254 e. The molecule has 6 nitrogen and oxygen atoms in total. The molecule has 0 saturated carbocycles. The Balaban J connectivity index is 0.00000192. The fourth-order valence-corrected chi connectivity index (χ4v) is 2.21. The minimum Gasteiger partial charge on any atom is -0.490 e. The van der Waals surface area contributed by atoms with Crippen LogP contribution in [0, 0.1) is 0 Å². The SMILES string of the molecule is Cl.NCc1cc(C(=O)NCc2ccc3c(c2)OCCCO3)co1. The minimum atomic E-state index is -0.199. The van der Waals surface area contributed by atoms with E-state index in [-0.39, 0.29) is 24.9 Å². The normalized spacial score (nSPS) is 12.9. The Kier molecular flexibility index (Phi) is 5.90. The van der Waals surface area contributed by atoms with Crippen LogP contribution in [0.5, 0.6) is 11.5 Å². The van der Waals surface area contributed by atoms with Crippen molar-refractivity contribution in [3.05, 3.63) is 47.4 Å². The summed E-state index contributed by atoms with van der Waals surface area (Å²) in [6.45, 7) is 1.97. The second-order valence-corrected chi connectivity index (χ2v) is 5.02. The molecule has 0 fully saturated rings. The number of amides is 1. The fraction of sp³-hybridized carbons (Fsp3) is 0.312. The average Bonchev–Trinajstić information content (AvgIpc) is 2.91. The maximum Gasteiger partial charge on any atom is 0.254 e. The highest BCUT2D eigenvalue weighted by molar-refractivity contribution is 5.93. The molecule has 0 unspecified atom stereocenters. The molecule has 0 saturated heterocycles. The predicted molar refractivity (Wildman–Crippen MR) is 87.1 cm³/mol. The first-order chi connectivity index (χ1) is 10.8. The van der Waals surface area contributed by atoms with Crippen molar-refractivity contribution < 1.29 is 18.7 Å². The zero-order valence-corrected chi connectivity index (χ0v) is 13.4. The Morgan fingerprint density at radius 3 is 2.70 bits per heavy atom. The predicted octanol–water partition coefficient (Wildman–Crippen LogP) is 2.25. The van der Waals surface area contributed by atoms with Crippen molar-refractivity contribution in [2.45, 2.75) is 19.5 Å². The van der Waals surface area contributed by atoms with Gasteiger partial charge in [0.15, 0.2) is 11.5 Å². The summed E-state index contributed by atoms with van der Waals surface area (Å²) in [5, 5.41) is 2.84. The molecule has 2 aromatic rings. The van der Waals surface area contributed by atoms with E-state index in [4.69, 9.17) is 19.6 Å². The van der Waals surface area contributed by atoms with Gasteiger partial charge < -0.3 is 24.9 Å². The van der Waals surface area contributed by atoms with E-state index in [1.165, 1.54) is 6.26 Å². The lowest BCUT2D eigenvalue weighted by molar-refractivity contribution is 0.0950. The molecule has 2 heterocycles. The Bertz CT molecular complexity index is 672. The summed E-state index contributed by atoms with van der Waals surface area (Å²) in [5.41, 5.74) is 6.87. The molecular formula is C16H19ClN2O4. The van der Waals surface area contributed by atoms with Crippen LogP contribution in [0.2, 0.25) is 0 Å². The first kappa shape index (κ1) is 17.2. The number of rotatable bonds is 4. The van der Waals surface area contributed by atoms with Crippen LogP contribution >= 0.6 is 12.4 Å². The number of hydrogen-bond donors (Lipinski definition) is 2. The van der Waals surface area contributed by atoms with Gasteiger partial charge in [0.2, 0.25) is 0 Å². The largest absolute Gasteiger partial charge is 0.490 e. The molecule has 1 aliphatic heterocycles. The van der Waals surface area contributed by atoms with E-state index in [1.807, 2.05) is 18.2 Å². The lowest BCUT2D eigenvalue weighted by atomic mass is 10.2. The van der Waals surface area contributed by atoms with Crippen molar-refractivity contribution >= 4 is 18.3 Å². The lowest BCUT2D eigenvalue weighted by Gasteiger charge is -2.09. The molecule has 23 heavy (non-hydrogen) atoms. The number of hydrogen-bond acceptors (Lipinski definition) is 5. The van der Waals surface area contributed by atoms with Crippen LogP contribution in [-0.2, 0) is 13.1 Å². The number of nitrogens with two attached hydrogens (primary N) is 1. The number of carbonyl (C=O) groups excluding carboxylic acids is 1. The van der Waals surface area contributed by atoms with Gasteiger partial charge >= 0.3 is 0 Å². The van der Waals surface area contributed by atoms with Gasteiger partial charge in [-0.3, -0.25) is 4.79 Å². The molecule has 0 atom stereocenters. The van der Waals surface area contributed by atoms with Crippen LogP contribution in [0.4, 0.5) is 0 Å². The standard InChI is InChI=1S/C16H18N2O4.ClH/c17-8-13-7-12(10-22-13)16(19)18-9-11-2-3-14-15(6-11)21-5-1-4-20-14;/h2-3,6-7,10H,1,4-5,8-9,17H2,(H,18,19);1H. The maximum atomic E-state index is 12.0. The van der Waals surface area contributed by atoms with Crippen molar-refractivity contribution in [3.63, 3.8) is 0 Å². The van der Waals surface area contributed by atoms with Crippen LogP contribution in [0.1, 0.15) is 28.1 Å². The summed E-state index contributed by atoms with van der Waals surface area (Å²) in [7, 11) is 0. The summed E-state index contributed by atoms with van der Waals surface area (Å²) in [6, 6.07) is 7.31. The fourth-order valence-electron chi connectivity index (χ4n) is 2.21. The van der Waals surface area contributed by atoms with Gasteiger partial charge in [-0.2, -0.15) is 0 Å². The second-order valence-electron chi connectivity index (χ2n) is 5.02. The van der Waals surface area contributed by atoms with E-state index < -0.39 is 0 Å². The average molecular weight is 339 g/mol. The zero-order valence-electron chi connectivity index (χ0n) is 12.5. The van der Waals surface area contributed by atoms with Crippen LogP contribution in [0.25, 0.3) is 0 Å². The number of fused-ring (bicyclic) bond motifs is 1. The molecule has 1 aromatic carbocycles. The van der Waals surface area contributed by atoms with Gasteiger partial charge in [-0.05, 0) is 23.8 Å². The molecule has 1 amide bonds. The van der Waals surface area contributed by atoms with E-state index in [0.29, 0.717) is 31.1 Å². The van der Waals surface area contributed by atoms with Crippen LogP contribution in [0.3, 0.4) is 0 Å². The Morgan fingerprint density at radius 2 is 1.96 bits per heavy atom. The maximum absolute atomic E-state index is 12.0. The Morgan fingerprint density at radius 1 is 1.17 bits per heavy atom. The minimum absolute atomic E-state index is 0. The van der Waals surface area contributed by atoms with Gasteiger partial charge in [-0.15, -0.1) is 12.4 Å². The van der Waals surface area contributed by atoms with Gasteiger partial charge in [0.1, 0.15) is 12.0 Å². The number of benzene rings is 1. The third-order valence-electron chi connectivity index (χ3n) is 3.38. The van der Waals surface area contributed by atoms with Crippen molar-refractivity contribution in [1.29, 1.82) is 0 Å². The molecule has 3 N–H and O–H groups in total. The van der Waals surface area contributed by atoms with E-state index in [0.717, 1.165) is 23.5 Å². The van der Waals surface area contributed by atoms with Crippen molar-refractivity contribution in [3.8, 4) is 11.5 Å². The van der Waals surface area contributed by atoms with E-state index >= 15 is 0 Å². The zero-order chi connectivity index (χ0) is 15.4. The quantitative estimate of drug-likeness (QED) is 0.892. The third kappa shape index (κ3) is 4.18. The lowest BCUT2D eigenvalue weighted by Crippen LogP contribution is -2.22. The highest BCUT2D eigenvalue weighted by Crippen LogP contribution is 2.30. The Hall–Kier alpha value is -2.18. The number of ether oxygens (including phenoxy) is 2. The third-order valence-corrected chi connectivity index (χ3v) is 3.38. The number of carbonyl (C=O) groups is 1. The van der Waals surface area contributed by atoms with Crippen LogP contribution < -0.4 is 20.5 Å². The summed E-state index contributed by atoms with van der Waals surface area (Å²) < 4.78 is 16.4. The summed E-state index contributed by atoms with van der Waals surface area (Å²) in [4.78, 5) is 12.0. The molecule has 0 radical (unpaired) electrons. The first-order valence-electron chi connectivity index (χ1n) is 7.20. The molecule has 3 rings (SSSR count). The van der Waals surface area contributed by atoms with Crippen LogP contribution in [0.15, 0.2) is 34.9 Å². The highest BCUT2D eigenvalue weighted by atomic mass is 35.5. The van der Waals surface area contributed by atoms with Crippen LogP contribution in [-0.4, -0.2) is 19.1 Å². The van der Waals surface area contributed by atoms with E-state index in [9.17, 15) is 4.79 Å². The van der Waals surface area contributed by atoms with Gasteiger partial charge in [0.25, 0.3) is 5.91 Å². The molecule has 124 valence electrons. The number of halogens is 1. The van der Waals surface area contributed by atoms with Crippen molar-refractivity contribution in [1.82, 2.24) is 5.32 Å². The molecule has 1 aromatic heterocycles. The number of furan rings is 1. The van der Waals surface area contributed by atoms with Crippen molar-refractivity contribution in [2.24, 2.45) is 5.73 Å². The summed E-state index contributed by atoms with van der Waals surface area (Å²) in [6.07, 6.45) is 2.27. The molecular weight excluding hydrogens is 320 g/mol. The monoisotopic (exact) mass is 338 g/mol. The van der Waals surface area contributed by atoms with Gasteiger partial charge in [0, 0.05) is 13.0 Å². The molecule has 1 aliphatic rings. The van der Waals surface area contributed by atoms with Gasteiger partial charge in [-0.25, -0.2) is 0 Å². The molecule has 0 aliphatic carbocycles. The van der Waals surface area contributed by atoms with E-state index in [2.05, 4.69) is 5.32 Å². The number of nitrogens with one attached hydrogen (secondary N) is 1. The summed E-state index contributed by atoms with van der Waals surface area (Å²) >= 11 is 0. The molecule has 0 spiro atoms. The van der Waals surface area contributed by atoms with Gasteiger partial charge in [0.05, 0.1) is 25.3 Å². The topological polar surface area (TPSA) is 86.7 Å². The molecule has 0 bridgehead atoms. The van der Waals surface area contributed by atoms with E-state index in [1.54, 1.807) is 6.07 Å². The second kappa shape index (κ2) is 7.89. The summed E-state index contributed by atoms with van der Waals surface area (Å²) in [5.74, 6) is 1.85. The van der Waals surface area contributed by atoms with Gasteiger partial charge in [-0.1, -0.05) is 6.07 Å². The van der Waals surface area contributed by atoms with Crippen molar-refractivity contribution in [2.75, 3.05) is 13.2 Å². The molecule has 7 heteroatoms. The highest BCUT2D eigenvalue weighted by Gasteiger charge is 2.12. The first-order valence-corrected chi connectivity index (χ1v) is 7.20. The Labute approximate surface area is 140 Å².